The van der Waals surface area contributed by atoms with Crippen molar-refractivity contribution >= 4 is 34.1 Å². The van der Waals surface area contributed by atoms with E-state index in [1.54, 1.807) is 12.1 Å². The van der Waals surface area contributed by atoms with E-state index in [9.17, 15) is 4.39 Å². The Hall–Kier alpha value is -4.30. The summed E-state index contributed by atoms with van der Waals surface area (Å²) in [7, 11) is 0. The first-order chi connectivity index (χ1) is 20.1. The summed E-state index contributed by atoms with van der Waals surface area (Å²) in [6.45, 7) is 10.4. The molecule has 1 aliphatic heterocycles. The monoisotopic (exact) mass is 564 g/mol. The molecule has 4 N–H and O–H groups in total. The van der Waals surface area contributed by atoms with E-state index < -0.39 is 0 Å². The zero-order chi connectivity index (χ0) is 28.3. The Balaban J connectivity index is 1.31. The third-order valence-corrected chi connectivity index (χ3v) is 8.57. The Morgan fingerprint density at radius 2 is 1.95 bits per heavy atom. The van der Waals surface area contributed by atoms with E-state index in [2.05, 4.69) is 44.5 Å². The molecule has 1 aliphatic carbocycles. The molecule has 2 aliphatic rings. The number of hydrogen-bond donors (Lipinski definition) is 4. The lowest BCUT2D eigenvalue weighted by Gasteiger charge is -2.25. The van der Waals surface area contributed by atoms with E-state index >= 15 is 0 Å². The fourth-order valence-corrected chi connectivity index (χ4v) is 6.31. The topological polar surface area (TPSA) is 81.4 Å². The quantitative estimate of drug-likeness (QED) is 0.128. The second-order valence-electron chi connectivity index (χ2n) is 10.4. The van der Waals surface area contributed by atoms with E-state index in [1.807, 2.05) is 49.5 Å². The number of aromatic nitrogens is 4. The van der Waals surface area contributed by atoms with E-state index in [0.29, 0.717) is 17.2 Å². The summed E-state index contributed by atoms with van der Waals surface area (Å²) in [5.41, 5.74) is 9.08. The highest BCUT2D eigenvalue weighted by Gasteiger charge is 2.23. The number of hydrogen-bond acceptors (Lipinski definition) is 5. The number of benzene rings is 1. The van der Waals surface area contributed by atoms with Crippen LogP contribution in [0.2, 0.25) is 0 Å². The maximum atomic E-state index is 14.7. The first-order valence-corrected chi connectivity index (χ1v) is 14.8. The fourth-order valence-electron chi connectivity index (χ4n) is 5.58. The SMILES string of the molecule is C=C/C(=C\C(=C/C)c1ccc2[nH]nc(-c3cc4c([nH]3)SNC=C4c3ccccc3F)c2n1)NC(=C)C1CCCCC1. The molecule has 41 heavy (non-hydrogen) atoms. The Labute approximate surface area is 243 Å². The normalized spacial score (nSPS) is 16.2. The van der Waals surface area contributed by atoms with Crippen LogP contribution in [0.4, 0.5) is 4.39 Å². The van der Waals surface area contributed by atoms with Crippen molar-refractivity contribution < 1.29 is 4.39 Å². The summed E-state index contributed by atoms with van der Waals surface area (Å²) in [4.78, 5) is 8.49. The molecule has 4 aromatic rings. The average molecular weight is 565 g/mol. The molecule has 6 rings (SSSR count). The molecule has 6 nitrogen and oxygen atoms in total. The molecule has 0 radical (unpaired) electrons. The van der Waals surface area contributed by atoms with Crippen molar-refractivity contribution in [3.8, 4) is 11.4 Å². The molecule has 0 unspecified atom stereocenters. The van der Waals surface area contributed by atoms with Gasteiger partial charge in [-0.1, -0.05) is 56.7 Å². The lowest BCUT2D eigenvalue weighted by atomic mass is 9.87. The number of allylic oxidation sites excluding steroid dienone is 5. The summed E-state index contributed by atoms with van der Waals surface area (Å²) in [6, 6.07) is 12.8. The van der Waals surface area contributed by atoms with Gasteiger partial charge < -0.3 is 15.0 Å². The van der Waals surface area contributed by atoms with Gasteiger partial charge in [0.25, 0.3) is 0 Å². The van der Waals surface area contributed by atoms with Crippen molar-refractivity contribution in [2.45, 2.75) is 44.1 Å². The Morgan fingerprint density at radius 1 is 1.12 bits per heavy atom. The van der Waals surface area contributed by atoms with Crippen LogP contribution in [-0.4, -0.2) is 20.2 Å². The molecule has 0 atom stereocenters. The Kier molecular flexibility index (Phi) is 7.65. The van der Waals surface area contributed by atoms with Crippen LogP contribution in [-0.2, 0) is 0 Å². The molecule has 3 aromatic heterocycles. The van der Waals surface area contributed by atoms with Gasteiger partial charge in [0.05, 0.1) is 16.9 Å². The van der Waals surface area contributed by atoms with E-state index in [0.717, 1.165) is 55.6 Å². The van der Waals surface area contributed by atoms with Gasteiger partial charge in [-0.3, -0.25) is 5.10 Å². The number of H-pyrrole nitrogens is 2. The number of aromatic amines is 2. The van der Waals surface area contributed by atoms with Gasteiger partial charge in [-0.25, -0.2) is 9.37 Å². The number of halogens is 1. The van der Waals surface area contributed by atoms with Crippen molar-refractivity contribution in [3.05, 3.63) is 114 Å². The van der Waals surface area contributed by atoms with E-state index in [1.165, 1.54) is 50.1 Å². The summed E-state index contributed by atoms with van der Waals surface area (Å²) in [5, 5.41) is 12.1. The van der Waals surface area contributed by atoms with Crippen LogP contribution in [0.25, 0.3) is 33.6 Å². The van der Waals surface area contributed by atoms with Crippen LogP contribution in [0.5, 0.6) is 0 Å². The molecule has 1 aromatic carbocycles. The third-order valence-electron chi connectivity index (χ3n) is 7.80. The van der Waals surface area contributed by atoms with Crippen LogP contribution in [0.15, 0.2) is 96.5 Å². The molecule has 1 fully saturated rings. The van der Waals surface area contributed by atoms with Gasteiger partial charge in [-0.15, -0.1) is 0 Å². The highest BCUT2D eigenvalue weighted by Crippen LogP contribution is 2.39. The van der Waals surface area contributed by atoms with Crippen molar-refractivity contribution in [1.29, 1.82) is 0 Å². The maximum absolute atomic E-state index is 14.7. The molecule has 0 amide bonds. The minimum Gasteiger partial charge on any atom is -0.359 e. The van der Waals surface area contributed by atoms with Crippen molar-refractivity contribution in [1.82, 2.24) is 30.2 Å². The Bertz CT molecular complexity index is 1720. The molecule has 0 spiro atoms. The van der Waals surface area contributed by atoms with Crippen LogP contribution < -0.4 is 10.0 Å². The minimum atomic E-state index is -0.264. The second kappa shape index (κ2) is 11.7. The zero-order valence-corrected chi connectivity index (χ0v) is 23.9. The molecular formula is C33H33FN6S. The highest BCUT2D eigenvalue weighted by atomic mass is 32.2. The predicted octanol–water partition coefficient (Wildman–Crippen LogP) is 8.25. The van der Waals surface area contributed by atoms with Crippen molar-refractivity contribution in [2.75, 3.05) is 0 Å². The van der Waals surface area contributed by atoms with Crippen LogP contribution >= 0.6 is 11.9 Å². The van der Waals surface area contributed by atoms with E-state index in [4.69, 9.17) is 4.98 Å². The van der Waals surface area contributed by atoms with Crippen LogP contribution in [0.1, 0.15) is 55.8 Å². The fraction of sp³-hybridized carbons (Fsp3) is 0.212. The number of nitrogens with one attached hydrogen (secondary N) is 4. The minimum absolute atomic E-state index is 0.264. The average Bonchev–Trinajstić information content (AvgIpc) is 3.63. The van der Waals surface area contributed by atoms with E-state index in [-0.39, 0.29) is 5.82 Å². The lowest BCUT2D eigenvalue weighted by Crippen LogP contribution is -2.20. The number of fused-ring (bicyclic) bond motifs is 2. The summed E-state index contributed by atoms with van der Waals surface area (Å²) in [6.07, 6.45) is 14.0. The molecule has 8 heteroatoms. The smallest absolute Gasteiger partial charge is 0.135 e. The van der Waals surface area contributed by atoms with Crippen molar-refractivity contribution in [3.63, 3.8) is 0 Å². The summed E-state index contributed by atoms with van der Waals surface area (Å²) >= 11 is 1.45. The molecular weight excluding hydrogens is 531 g/mol. The molecule has 1 saturated carbocycles. The predicted molar refractivity (Wildman–Crippen MR) is 167 cm³/mol. The van der Waals surface area contributed by atoms with Gasteiger partial charge in [0.1, 0.15) is 22.1 Å². The second-order valence-corrected chi connectivity index (χ2v) is 11.2. The first-order valence-electron chi connectivity index (χ1n) is 14.0. The summed E-state index contributed by atoms with van der Waals surface area (Å²) in [5.74, 6) is 0.234. The van der Waals surface area contributed by atoms with Crippen LogP contribution in [0, 0.1) is 11.7 Å². The number of rotatable bonds is 8. The molecule has 4 heterocycles. The van der Waals surface area contributed by atoms with Gasteiger partial charge in [-0.2, -0.15) is 5.10 Å². The van der Waals surface area contributed by atoms with Gasteiger partial charge in [0.15, 0.2) is 0 Å². The molecule has 208 valence electrons. The van der Waals surface area contributed by atoms with Gasteiger partial charge in [0.2, 0.25) is 0 Å². The number of nitrogens with zero attached hydrogens (tertiary/aromatic N) is 2. The van der Waals surface area contributed by atoms with Crippen LogP contribution in [0.3, 0.4) is 0 Å². The number of pyridine rings is 1. The zero-order valence-electron chi connectivity index (χ0n) is 23.1. The first kappa shape index (κ1) is 26.9. The van der Waals surface area contributed by atoms with Crippen molar-refractivity contribution in [2.24, 2.45) is 5.92 Å². The van der Waals surface area contributed by atoms with Gasteiger partial charge in [-0.05, 0) is 67.7 Å². The lowest BCUT2D eigenvalue weighted by molar-refractivity contribution is 0.393. The van der Waals surface area contributed by atoms with Gasteiger partial charge in [0, 0.05) is 46.2 Å². The largest absolute Gasteiger partial charge is 0.359 e. The van der Waals surface area contributed by atoms with Gasteiger partial charge >= 0.3 is 0 Å². The maximum Gasteiger partial charge on any atom is 0.135 e. The summed E-state index contributed by atoms with van der Waals surface area (Å²) < 4.78 is 17.8. The standard InChI is InChI=1S/C33H33FN6S/c1-4-21(17-23(5-2)36-20(3)22-11-7-6-8-12-22)28-15-16-29-31(37-28)32(40-39-29)30-18-25-26(19-35-41-33(25)38-30)24-13-9-10-14-27(24)34/h4-5,9-10,13-19,22,35-36,38H,2-3,6-8,11-12H2,1H3,(H,39,40)/b21-4+,23-17+. The highest BCUT2D eigenvalue weighted by molar-refractivity contribution is 7.97. The third kappa shape index (κ3) is 5.39. The molecule has 0 bridgehead atoms. The Morgan fingerprint density at radius 3 is 2.73 bits per heavy atom. The molecule has 0 saturated heterocycles.